The quantitative estimate of drug-likeness (QED) is 0.692. The van der Waals surface area contributed by atoms with Gasteiger partial charge in [-0.25, -0.2) is 4.79 Å². The van der Waals surface area contributed by atoms with Gasteiger partial charge in [-0.1, -0.05) is 19.3 Å². The Morgan fingerprint density at radius 2 is 1.87 bits per heavy atom. The van der Waals surface area contributed by atoms with Crippen molar-refractivity contribution in [1.82, 2.24) is 4.90 Å². The fourth-order valence-electron chi connectivity index (χ4n) is 2.90. The van der Waals surface area contributed by atoms with E-state index in [0.717, 1.165) is 6.54 Å². The number of hydrogen-bond acceptors (Lipinski definition) is 2. The second-order valence-electron chi connectivity index (χ2n) is 5.22. The number of carbonyl (C=O) groups excluding carboxylic acids is 1. The number of thioether (sulfide) groups is 1. The van der Waals surface area contributed by atoms with Gasteiger partial charge in [0, 0.05) is 11.3 Å². The average molecular weight is 228 g/mol. The zero-order chi connectivity index (χ0) is 11.1. The molecule has 1 aliphatic carbocycles. The van der Waals surface area contributed by atoms with Gasteiger partial charge < -0.3 is 10.6 Å². The molecular weight excluding hydrogens is 208 g/mol. The van der Waals surface area contributed by atoms with Crippen LogP contribution < -0.4 is 5.73 Å². The molecule has 2 amide bonds. The maximum Gasteiger partial charge on any atom is 0.315 e. The Hall–Kier alpha value is -0.380. The van der Waals surface area contributed by atoms with Gasteiger partial charge in [0.1, 0.15) is 0 Å². The van der Waals surface area contributed by atoms with E-state index in [2.05, 4.69) is 13.8 Å². The first-order valence-electron chi connectivity index (χ1n) is 5.73. The van der Waals surface area contributed by atoms with Crippen LogP contribution >= 0.6 is 11.8 Å². The van der Waals surface area contributed by atoms with E-state index >= 15 is 0 Å². The number of urea groups is 1. The fraction of sp³-hybridized carbons (Fsp3) is 0.909. The summed E-state index contributed by atoms with van der Waals surface area (Å²) in [6.45, 7) is 5.05. The highest BCUT2D eigenvalue weighted by molar-refractivity contribution is 8.02. The van der Waals surface area contributed by atoms with Gasteiger partial charge in [-0.3, -0.25) is 0 Å². The second-order valence-corrected chi connectivity index (χ2v) is 7.29. The van der Waals surface area contributed by atoms with E-state index in [0.29, 0.717) is 4.75 Å². The smallest absolute Gasteiger partial charge is 0.315 e. The van der Waals surface area contributed by atoms with Crippen LogP contribution in [0.1, 0.15) is 46.0 Å². The minimum Gasteiger partial charge on any atom is -0.351 e. The third-order valence-corrected chi connectivity index (χ3v) is 5.28. The molecule has 1 saturated heterocycles. The Kier molecular flexibility index (Phi) is 2.65. The maximum atomic E-state index is 11.4. The maximum absolute atomic E-state index is 11.4. The summed E-state index contributed by atoms with van der Waals surface area (Å²) in [5.74, 6) is 0. The van der Waals surface area contributed by atoms with E-state index in [1.54, 1.807) is 0 Å². The summed E-state index contributed by atoms with van der Waals surface area (Å²) in [6.07, 6.45) is 6.43. The number of carbonyl (C=O) groups is 1. The van der Waals surface area contributed by atoms with Crippen LogP contribution in [0.4, 0.5) is 4.79 Å². The van der Waals surface area contributed by atoms with E-state index in [1.165, 1.54) is 32.1 Å². The first-order chi connectivity index (χ1) is 6.95. The number of nitrogens with two attached hydrogens (primary N) is 1. The molecule has 0 aromatic rings. The minimum absolute atomic E-state index is 0.122. The van der Waals surface area contributed by atoms with Crippen LogP contribution in [0.3, 0.4) is 0 Å². The molecular formula is C11H20N2OS. The zero-order valence-electron chi connectivity index (χ0n) is 9.58. The molecule has 4 heteroatoms. The largest absolute Gasteiger partial charge is 0.351 e. The predicted molar refractivity (Wildman–Crippen MR) is 63.8 cm³/mol. The number of rotatable bonds is 0. The molecule has 0 aromatic carbocycles. The lowest BCUT2D eigenvalue weighted by Crippen LogP contribution is -2.45. The van der Waals surface area contributed by atoms with Crippen molar-refractivity contribution in [1.29, 1.82) is 0 Å². The van der Waals surface area contributed by atoms with Gasteiger partial charge in [0.25, 0.3) is 0 Å². The summed E-state index contributed by atoms with van der Waals surface area (Å²) >= 11 is 1.95. The Bertz CT molecular complexity index is 272. The first-order valence-corrected chi connectivity index (χ1v) is 6.54. The molecule has 0 aromatic heterocycles. The molecule has 2 N–H and O–H groups in total. The van der Waals surface area contributed by atoms with Crippen LogP contribution in [-0.2, 0) is 0 Å². The molecule has 86 valence electrons. The average Bonchev–Trinajstić information content (AvgIpc) is 2.39. The predicted octanol–water partition coefficient (Wildman–Crippen LogP) is 2.55. The van der Waals surface area contributed by atoms with Gasteiger partial charge in [-0.2, -0.15) is 0 Å². The molecule has 2 aliphatic rings. The zero-order valence-corrected chi connectivity index (χ0v) is 10.4. The van der Waals surface area contributed by atoms with Gasteiger partial charge in [0.15, 0.2) is 0 Å². The van der Waals surface area contributed by atoms with E-state index in [-0.39, 0.29) is 10.9 Å². The first kappa shape index (κ1) is 11.1. The van der Waals surface area contributed by atoms with Crippen LogP contribution in [0.2, 0.25) is 0 Å². The molecule has 0 bridgehead atoms. The molecule has 2 fully saturated rings. The van der Waals surface area contributed by atoms with Crippen molar-refractivity contribution in [2.24, 2.45) is 5.73 Å². The van der Waals surface area contributed by atoms with Gasteiger partial charge in [-0.15, -0.1) is 11.8 Å². The molecule has 0 unspecified atom stereocenters. The van der Waals surface area contributed by atoms with E-state index < -0.39 is 0 Å². The standard InChI is InChI=1S/C11H20N2OS/c1-10(2)13(9(12)14)8-11(15-10)6-4-3-5-7-11/h3-8H2,1-2H3,(H2,12,14). The van der Waals surface area contributed by atoms with Crippen molar-refractivity contribution in [2.75, 3.05) is 6.54 Å². The van der Waals surface area contributed by atoms with Crippen LogP contribution in [-0.4, -0.2) is 27.1 Å². The van der Waals surface area contributed by atoms with Crippen molar-refractivity contribution in [3.05, 3.63) is 0 Å². The van der Waals surface area contributed by atoms with Gasteiger partial charge in [0.2, 0.25) is 0 Å². The van der Waals surface area contributed by atoms with Crippen LogP contribution in [0.5, 0.6) is 0 Å². The number of primary amides is 1. The summed E-state index contributed by atoms with van der Waals surface area (Å²) in [4.78, 5) is 13.1. The Balaban J connectivity index is 2.16. The molecule has 1 aliphatic heterocycles. The summed E-state index contributed by atoms with van der Waals surface area (Å²) in [5, 5.41) is 0. The van der Waals surface area contributed by atoms with Crippen LogP contribution in [0.25, 0.3) is 0 Å². The number of amides is 2. The highest BCUT2D eigenvalue weighted by atomic mass is 32.2. The lowest BCUT2D eigenvalue weighted by Gasteiger charge is -2.32. The second kappa shape index (κ2) is 3.58. The number of hydrogen-bond donors (Lipinski definition) is 1. The Labute approximate surface area is 95.8 Å². The Morgan fingerprint density at radius 1 is 1.27 bits per heavy atom. The van der Waals surface area contributed by atoms with Gasteiger partial charge in [-0.05, 0) is 26.7 Å². The highest BCUT2D eigenvalue weighted by Crippen LogP contribution is 2.53. The van der Waals surface area contributed by atoms with Crippen molar-refractivity contribution >= 4 is 17.8 Å². The molecule has 0 atom stereocenters. The van der Waals surface area contributed by atoms with E-state index in [1.807, 2.05) is 16.7 Å². The third kappa shape index (κ3) is 1.96. The SMILES string of the molecule is CC1(C)SC2(CCCCC2)CN1C(N)=O. The lowest BCUT2D eigenvalue weighted by atomic mass is 9.88. The monoisotopic (exact) mass is 228 g/mol. The lowest BCUT2D eigenvalue weighted by molar-refractivity contribution is 0.181. The normalized spacial score (nSPS) is 28.3. The molecule has 0 radical (unpaired) electrons. The summed E-state index contributed by atoms with van der Waals surface area (Å²) in [7, 11) is 0. The topological polar surface area (TPSA) is 46.3 Å². The van der Waals surface area contributed by atoms with Gasteiger partial charge in [0.05, 0.1) is 4.87 Å². The van der Waals surface area contributed by atoms with Crippen LogP contribution in [0, 0.1) is 0 Å². The highest BCUT2D eigenvalue weighted by Gasteiger charge is 2.50. The molecule has 1 saturated carbocycles. The van der Waals surface area contributed by atoms with E-state index in [9.17, 15) is 4.79 Å². The minimum atomic E-state index is -0.269. The Morgan fingerprint density at radius 3 is 2.33 bits per heavy atom. The molecule has 2 rings (SSSR count). The van der Waals surface area contributed by atoms with Crippen LogP contribution in [0.15, 0.2) is 0 Å². The summed E-state index contributed by atoms with van der Waals surface area (Å²) in [6, 6.07) is -0.269. The summed E-state index contributed by atoms with van der Waals surface area (Å²) < 4.78 is 0.302. The molecule has 3 nitrogen and oxygen atoms in total. The van der Waals surface area contributed by atoms with E-state index in [4.69, 9.17) is 5.73 Å². The molecule has 1 spiro atoms. The van der Waals surface area contributed by atoms with Crippen molar-refractivity contribution in [2.45, 2.75) is 55.6 Å². The van der Waals surface area contributed by atoms with Gasteiger partial charge >= 0.3 is 6.03 Å². The van der Waals surface area contributed by atoms with Crippen molar-refractivity contribution in [3.63, 3.8) is 0 Å². The summed E-state index contributed by atoms with van der Waals surface area (Å²) in [5.41, 5.74) is 5.44. The fourth-order valence-corrected chi connectivity index (χ4v) is 4.91. The van der Waals surface area contributed by atoms with Crippen molar-refractivity contribution in [3.8, 4) is 0 Å². The molecule has 1 heterocycles. The third-order valence-electron chi connectivity index (χ3n) is 3.59. The van der Waals surface area contributed by atoms with Crippen molar-refractivity contribution < 1.29 is 4.79 Å². The number of nitrogens with zero attached hydrogens (tertiary/aromatic N) is 1. The molecule has 15 heavy (non-hydrogen) atoms.